The van der Waals surface area contributed by atoms with Crippen molar-refractivity contribution in [2.75, 3.05) is 7.05 Å². The number of aliphatic imine (C=N–C) groups is 1. The van der Waals surface area contributed by atoms with E-state index in [0.717, 1.165) is 17.1 Å². The maximum Gasteiger partial charge on any atom is 0.132 e. The summed E-state index contributed by atoms with van der Waals surface area (Å²) in [4.78, 5) is 4.14. The highest BCUT2D eigenvalue weighted by atomic mass is 15.0. The molecule has 0 aromatic rings. The van der Waals surface area contributed by atoms with Crippen molar-refractivity contribution < 1.29 is 0 Å². The Bertz CT molecular complexity index is 267. The zero-order valence-corrected chi connectivity index (χ0v) is 12.9. The van der Waals surface area contributed by atoms with E-state index in [-0.39, 0.29) is 0 Å². The molecular formula is C15H30N2. The topological polar surface area (TPSA) is 24.4 Å². The van der Waals surface area contributed by atoms with Crippen LogP contribution in [-0.2, 0) is 0 Å². The molecule has 2 heteroatoms. The van der Waals surface area contributed by atoms with E-state index in [2.05, 4.69) is 23.5 Å². The van der Waals surface area contributed by atoms with Crippen LogP contribution in [0.4, 0.5) is 0 Å². The second-order valence-corrected chi connectivity index (χ2v) is 3.10. The molecule has 0 aromatic carbocycles. The fourth-order valence-electron chi connectivity index (χ4n) is 0.983. The van der Waals surface area contributed by atoms with Crippen LogP contribution >= 0.6 is 0 Å². The van der Waals surface area contributed by atoms with Crippen molar-refractivity contribution in [3.05, 3.63) is 36.1 Å². The first-order valence-corrected chi connectivity index (χ1v) is 6.22. The highest BCUT2D eigenvalue weighted by Crippen LogP contribution is 2.06. The summed E-state index contributed by atoms with van der Waals surface area (Å²) in [6.45, 7) is 21.5. The van der Waals surface area contributed by atoms with Gasteiger partial charge in [-0.25, -0.2) is 0 Å². The van der Waals surface area contributed by atoms with Crippen LogP contribution in [0.15, 0.2) is 41.1 Å². The van der Waals surface area contributed by atoms with Gasteiger partial charge in [-0.3, -0.25) is 4.99 Å². The molecule has 0 saturated carbocycles. The minimum atomic E-state index is 0.822. The van der Waals surface area contributed by atoms with Gasteiger partial charge in [-0.1, -0.05) is 52.5 Å². The zero-order chi connectivity index (χ0) is 14.4. The van der Waals surface area contributed by atoms with Crippen LogP contribution in [0.2, 0.25) is 0 Å². The summed E-state index contributed by atoms with van der Waals surface area (Å²) in [5, 5.41) is 3.09. The lowest BCUT2D eigenvalue weighted by molar-refractivity contribution is 1.10. The lowest BCUT2D eigenvalue weighted by Gasteiger charge is -2.10. The molecule has 1 N–H and O–H groups in total. The molecule has 100 valence electrons. The maximum atomic E-state index is 4.14. The molecule has 0 unspecified atom stereocenters. The predicted octanol–water partition coefficient (Wildman–Crippen LogP) is 4.71. The van der Waals surface area contributed by atoms with Crippen LogP contribution in [0.5, 0.6) is 0 Å². The van der Waals surface area contributed by atoms with Crippen LogP contribution in [0.25, 0.3) is 0 Å². The average Bonchev–Trinajstić information content (AvgIpc) is 2.33. The van der Waals surface area contributed by atoms with Gasteiger partial charge in [0, 0.05) is 18.3 Å². The van der Waals surface area contributed by atoms with E-state index in [1.54, 1.807) is 13.1 Å². The van der Waals surface area contributed by atoms with Gasteiger partial charge in [0.05, 0.1) is 0 Å². The molecule has 0 spiro atoms. The monoisotopic (exact) mass is 238 g/mol. The summed E-state index contributed by atoms with van der Waals surface area (Å²) in [5.74, 6) is 0.822. The van der Waals surface area contributed by atoms with Gasteiger partial charge in [0.2, 0.25) is 0 Å². The second-order valence-electron chi connectivity index (χ2n) is 3.10. The highest BCUT2D eigenvalue weighted by molar-refractivity contribution is 6.02. The minimum absolute atomic E-state index is 0.822. The molecule has 0 saturated heterocycles. The first kappa shape index (κ1) is 21.0. The number of nitrogens with zero attached hydrogens (tertiary/aromatic N) is 1. The van der Waals surface area contributed by atoms with E-state index in [4.69, 9.17) is 0 Å². The highest BCUT2D eigenvalue weighted by Gasteiger charge is 2.03. The molecular weight excluding hydrogens is 208 g/mol. The van der Waals surface area contributed by atoms with Crippen molar-refractivity contribution in [2.45, 2.75) is 48.5 Å². The van der Waals surface area contributed by atoms with Crippen molar-refractivity contribution in [1.29, 1.82) is 0 Å². The van der Waals surface area contributed by atoms with Crippen molar-refractivity contribution in [1.82, 2.24) is 5.32 Å². The van der Waals surface area contributed by atoms with Gasteiger partial charge in [0.15, 0.2) is 0 Å². The first-order valence-electron chi connectivity index (χ1n) is 6.22. The smallest absolute Gasteiger partial charge is 0.132 e. The summed E-state index contributed by atoms with van der Waals surface area (Å²) < 4.78 is 0. The van der Waals surface area contributed by atoms with Crippen LogP contribution in [-0.4, -0.2) is 12.9 Å². The number of hydrogen-bond donors (Lipinski definition) is 1. The third-order valence-electron chi connectivity index (χ3n) is 1.55. The van der Waals surface area contributed by atoms with Gasteiger partial charge < -0.3 is 5.32 Å². The maximum absolute atomic E-state index is 4.14. The van der Waals surface area contributed by atoms with Crippen LogP contribution in [0, 0.1) is 0 Å². The van der Waals surface area contributed by atoms with E-state index in [1.807, 2.05) is 48.5 Å². The molecule has 0 fully saturated rings. The van der Waals surface area contributed by atoms with Gasteiger partial charge in [-0.2, -0.15) is 0 Å². The van der Waals surface area contributed by atoms with Crippen molar-refractivity contribution in [3.63, 3.8) is 0 Å². The number of hydrogen-bond acceptors (Lipinski definition) is 1. The Kier molecular flexibility index (Phi) is 18.2. The van der Waals surface area contributed by atoms with Gasteiger partial charge in [0.1, 0.15) is 5.84 Å². The molecule has 2 nitrogen and oxygen atoms in total. The van der Waals surface area contributed by atoms with E-state index >= 15 is 0 Å². The van der Waals surface area contributed by atoms with Crippen molar-refractivity contribution >= 4 is 5.84 Å². The number of nitrogens with one attached hydrogen (secondary N) is 1. The van der Waals surface area contributed by atoms with Gasteiger partial charge >= 0.3 is 0 Å². The molecule has 0 radical (unpaired) electrons. The van der Waals surface area contributed by atoms with Crippen molar-refractivity contribution in [2.24, 2.45) is 4.99 Å². The molecule has 0 aromatic heterocycles. The Balaban J connectivity index is -0.000000439. The molecule has 17 heavy (non-hydrogen) atoms. The van der Waals surface area contributed by atoms with Crippen molar-refractivity contribution in [3.8, 4) is 0 Å². The van der Waals surface area contributed by atoms with E-state index in [0.29, 0.717) is 0 Å². The number of rotatable bonds is 3. The fraction of sp³-hybridized carbons (Fsp3) is 0.533. The van der Waals surface area contributed by atoms with E-state index in [1.165, 1.54) is 5.57 Å². The Morgan fingerprint density at radius 1 is 1.06 bits per heavy atom. The largest absolute Gasteiger partial charge is 0.344 e. The number of amidine groups is 1. The summed E-state index contributed by atoms with van der Waals surface area (Å²) in [5.41, 5.74) is 3.09. The average molecular weight is 238 g/mol. The van der Waals surface area contributed by atoms with Gasteiger partial charge in [-0.05, 0) is 20.8 Å². The van der Waals surface area contributed by atoms with Crippen LogP contribution in [0.3, 0.4) is 0 Å². The molecule has 0 rings (SSSR count). The molecule has 0 amide bonds. The third-order valence-corrected chi connectivity index (χ3v) is 1.55. The fourth-order valence-corrected chi connectivity index (χ4v) is 0.983. The molecule has 0 aliphatic carbocycles. The Labute approximate surface area is 108 Å². The predicted molar refractivity (Wildman–Crippen MR) is 82.6 cm³/mol. The summed E-state index contributed by atoms with van der Waals surface area (Å²) >= 11 is 0. The molecule has 0 aliphatic heterocycles. The number of allylic oxidation sites excluding steroid dienone is 2. The molecule has 0 bridgehead atoms. The second kappa shape index (κ2) is 14.7. The van der Waals surface area contributed by atoms with Gasteiger partial charge in [-0.15, -0.1) is 0 Å². The first-order chi connectivity index (χ1) is 8.02. The Hall–Kier alpha value is -1.31. The van der Waals surface area contributed by atoms with Gasteiger partial charge in [0.25, 0.3) is 0 Å². The lowest BCUT2D eigenvalue weighted by Crippen LogP contribution is -2.22. The summed E-state index contributed by atoms with van der Waals surface area (Å²) in [6.07, 6.45) is 1.80. The summed E-state index contributed by atoms with van der Waals surface area (Å²) in [7, 11) is 1.75. The molecule has 0 heterocycles. The molecule has 0 aliphatic rings. The standard InChI is InChI=1S/C11H18N2.2C2H6/c1-7-10(8(2)3)11(12-6)13-9(4)5;2*1-2/h7H,1,4H2,2-3,5-6H3,(H,12,13);2*1-2H3. The summed E-state index contributed by atoms with van der Waals surface area (Å²) in [6, 6.07) is 0. The Morgan fingerprint density at radius 3 is 1.65 bits per heavy atom. The lowest BCUT2D eigenvalue weighted by atomic mass is 10.1. The third kappa shape index (κ3) is 11.0. The molecule has 0 atom stereocenters. The van der Waals surface area contributed by atoms with Crippen LogP contribution < -0.4 is 5.32 Å². The SMILES string of the molecule is C=CC(C(=NC)NC(=C)C)=C(C)C.CC.CC. The van der Waals surface area contributed by atoms with E-state index < -0.39 is 0 Å². The van der Waals surface area contributed by atoms with Crippen LogP contribution in [0.1, 0.15) is 48.5 Å². The zero-order valence-electron chi connectivity index (χ0n) is 12.9. The normalized spacial score (nSPS) is 8.82. The quantitative estimate of drug-likeness (QED) is 0.430. The van der Waals surface area contributed by atoms with E-state index in [9.17, 15) is 0 Å². The minimum Gasteiger partial charge on any atom is -0.344 e. The Morgan fingerprint density at radius 2 is 1.47 bits per heavy atom.